The number of halogens is 1. The van der Waals surface area contributed by atoms with Crippen molar-refractivity contribution < 1.29 is 8.42 Å². The van der Waals surface area contributed by atoms with Gasteiger partial charge in [-0.3, -0.25) is 4.98 Å². The lowest BCUT2D eigenvalue weighted by atomic mass is 10.2. The number of benzene rings is 2. The molecule has 1 aromatic heterocycles. The van der Waals surface area contributed by atoms with E-state index in [1.54, 1.807) is 30.6 Å². The molecule has 0 fully saturated rings. The third kappa shape index (κ3) is 4.67. The standard InChI is InChI=1S/C19H20BrN3O2S/c1-23(14-15-5-7-17(20)8-6-15)12-11-22-26(24,25)19-4-2-3-16-13-21-10-9-18(16)19/h2-10,13,22H,11-12,14H2,1H3. The first-order chi connectivity index (χ1) is 12.5. The second kappa shape index (κ2) is 8.26. The Labute approximate surface area is 162 Å². The monoisotopic (exact) mass is 433 g/mol. The molecule has 7 heteroatoms. The van der Waals surface area contributed by atoms with Crippen LogP contribution in [0.25, 0.3) is 10.8 Å². The number of likely N-dealkylation sites (N-methyl/N-ethyl adjacent to an activating group) is 1. The van der Waals surface area contributed by atoms with E-state index in [0.29, 0.717) is 18.5 Å². The molecule has 2 aromatic carbocycles. The normalized spacial score (nSPS) is 12.0. The SMILES string of the molecule is CN(CCNS(=O)(=O)c1cccc2cnccc12)Cc1ccc(Br)cc1. The van der Waals surface area contributed by atoms with E-state index in [1.165, 1.54) is 5.56 Å². The van der Waals surface area contributed by atoms with E-state index in [2.05, 4.69) is 42.7 Å². The van der Waals surface area contributed by atoms with Gasteiger partial charge in [0.1, 0.15) is 0 Å². The summed E-state index contributed by atoms with van der Waals surface area (Å²) in [6, 6.07) is 15.0. The first-order valence-electron chi connectivity index (χ1n) is 8.21. The second-order valence-electron chi connectivity index (χ2n) is 6.11. The molecule has 0 aliphatic heterocycles. The van der Waals surface area contributed by atoms with Crippen molar-refractivity contribution in [3.8, 4) is 0 Å². The van der Waals surface area contributed by atoms with Gasteiger partial charge in [0.05, 0.1) is 4.90 Å². The molecule has 0 spiro atoms. The second-order valence-corrected chi connectivity index (χ2v) is 8.77. The van der Waals surface area contributed by atoms with E-state index in [9.17, 15) is 8.42 Å². The summed E-state index contributed by atoms with van der Waals surface area (Å²) in [5.74, 6) is 0. The predicted molar refractivity (Wildman–Crippen MR) is 107 cm³/mol. The van der Waals surface area contributed by atoms with E-state index >= 15 is 0 Å². The van der Waals surface area contributed by atoms with Crippen LogP contribution in [0, 0.1) is 0 Å². The molecule has 26 heavy (non-hydrogen) atoms. The molecule has 0 radical (unpaired) electrons. The molecule has 3 aromatic rings. The predicted octanol–water partition coefficient (Wildman–Crippen LogP) is 3.41. The molecule has 1 heterocycles. The van der Waals surface area contributed by atoms with Gasteiger partial charge in [0, 0.05) is 47.3 Å². The van der Waals surface area contributed by atoms with E-state index < -0.39 is 10.0 Å². The zero-order valence-corrected chi connectivity index (χ0v) is 16.8. The number of nitrogens with zero attached hydrogens (tertiary/aromatic N) is 2. The highest BCUT2D eigenvalue weighted by atomic mass is 79.9. The largest absolute Gasteiger partial charge is 0.301 e. The average Bonchev–Trinajstić information content (AvgIpc) is 2.63. The quantitative estimate of drug-likeness (QED) is 0.619. The molecule has 0 amide bonds. The van der Waals surface area contributed by atoms with Gasteiger partial charge in [-0.05, 0) is 36.9 Å². The van der Waals surface area contributed by atoms with E-state index in [-0.39, 0.29) is 4.90 Å². The van der Waals surface area contributed by atoms with Gasteiger partial charge in [0.2, 0.25) is 10.0 Å². The molecule has 136 valence electrons. The molecule has 0 unspecified atom stereocenters. The zero-order chi connectivity index (χ0) is 18.6. The number of nitrogens with one attached hydrogen (secondary N) is 1. The number of hydrogen-bond acceptors (Lipinski definition) is 4. The van der Waals surface area contributed by atoms with Crippen LogP contribution in [0.2, 0.25) is 0 Å². The van der Waals surface area contributed by atoms with Gasteiger partial charge in [-0.15, -0.1) is 0 Å². The molecule has 0 bridgehead atoms. The maximum absolute atomic E-state index is 12.7. The van der Waals surface area contributed by atoms with Gasteiger partial charge in [0.25, 0.3) is 0 Å². The maximum atomic E-state index is 12.7. The molecule has 1 N–H and O–H groups in total. The van der Waals surface area contributed by atoms with E-state index in [0.717, 1.165) is 16.4 Å². The van der Waals surface area contributed by atoms with Gasteiger partial charge >= 0.3 is 0 Å². The lowest BCUT2D eigenvalue weighted by Crippen LogP contribution is -2.32. The highest BCUT2D eigenvalue weighted by Crippen LogP contribution is 2.21. The molecule has 0 saturated carbocycles. The van der Waals surface area contributed by atoms with Crippen LogP contribution >= 0.6 is 15.9 Å². The topological polar surface area (TPSA) is 62.3 Å². The van der Waals surface area contributed by atoms with Crippen LogP contribution in [0.3, 0.4) is 0 Å². The fourth-order valence-corrected chi connectivity index (χ4v) is 4.27. The fraction of sp³-hybridized carbons (Fsp3) is 0.211. The van der Waals surface area contributed by atoms with Gasteiger partial charge in [-0.1, -0.05) is 40.2 Å². The Morgan fingerprint density at radius 3 is 2.65 bits per heavy atom. The minimum atomic E-state index is -3.57. The Morgan fingerprint density at radius 1 is 1.12 bits per heavy atom. The van der Waals surface area contributed by atoms with Crippen LogP contribution in [0.5, 0.6) is 0 Å². The minimum Gasteiger partial charge on any atom is -0.301 e. The van der Waals surface area contributed by atoms with Gasteiger partial charge in [-0.2, -0.15) is 0 Å². The Bertz CT molecular complexity index is 986. The summed E-state index contributed by atoms with van der Waals surface area (Å²) in [5, 5.41) is 1.49. The highest BCUT2D eigenvalue weighted by Gasteiger charge is 2.16. The number of rotatable bonds is 7. The van der Waals surface area contributed by atoms with Crippen molar-refractivity contribution in [1.82, 2.24) is 14.6 Å². The summed E-state index contributed by atoms with van der Waals surface area (Å²) in [7, 11) is -1.60. The number of aromatic nitrogens is 1. The summed E-state index contributed by atoms with van der Waals surface area (Å²) in [5.41, 5.74) is 1.18. The Morgan fingerprint density at radius 2 is 1.88 bits per heavy atom. The van der Waals surface area contributed by atoms with E-state index in [4.69, 9.17) is 0 Å². The van der Waals surface area contributed by atoms with Crippen LogP contribution in [0.15, 0.2) is 70.3 Å². The Balaban J connectivity index is 1.62. The smallest absolute Gasteiger partial charge is 0.241 e. The highest BCUT2D eigenvalue weighted by molar-refractivity contribution is 9.10. The lowest BCUT2D eigenvalue weighted by molar-refractivity contribution is 0.332. The molecule has 0 aliphatic rings. The number of fused-ring (bicyclic) bond motifs is 1. The number of sulfonamides is 1. The maximum Gasteiger partial charge on any atom is 0.241 e. The Hall–Kier alpha value is -1.80. The van der Waals surface area contributed by atoms with Crippen molar-refractivity contribution in [3.05, 3.63) is 71.0 Å². The third-order valence-corrected chi connectivity index (χ3v) is 6.13. The number of pyridine rings is 1. The van der Waals surface area contributed by atoms with Crippen LogP contribution in [0.1, 0.15) is 5.56 Å². The molecule has 0 aliphatic carbocycles. The van der Waals surface area contributed by atoms with Gasteiger partial charge < -0.3 is 4.90 Å². The fourth-order valence-electron chi connectivity index (χ4n) is 2.76. The van der Waals surface area contributed by atoms with E-state index in [1.807, 2.05) is 25.2 Å². The van der Waals surface area contributed by atoms with Crippen molar-refractivity contribution in [2.24, 2.45) is 0 Å². The zero-order valence-electron chi connectivity index (χ0n) is 14.4. The minimum absolute atomic E-state index is 0.285. The van der Waals surface area contributed by atoms with Crippen LogP contribution in [0.4, 0.5) is 0 Å². The summed E-state index contributed by atoms with van der Waals surface area (Å²) in [6.07, 6.45) is 3.27. The van der Waals surface area contributed by atoms with Crippen LogP contribution in [-0.2, 0) is 16.6 Å². The lowest BCUT2D eigenvalue weighted by Gasteiger charge is -2.17. The van der Waals surface area contributed by atoms with Crippen LogP contribution in [-0.4, -0.2) is 38.4 Å². The number of hydrogen-bond donors (Lipinski definition) is 1. The van der Waals surface area contributed by atoms with Gasteiger partial charge in [0.15, 0.2) is 0 Å². The molecular weight excluding hydrogens is 414 g/mol. The summed E-state index contributed by atoms with van der Waals surface area (Å²) < 4.78 is 29.1. The van der Waals surface area contributed by atoms with Crippen molar-refractivity contribution in [2.75, 3.05) is 20.1 Å². The van der Waals surface area contributed by atoms with Crippen molar-refractivity contribution in [3.63, 3.8) is 0 Å². The summed E-state index contributed by atoms with van der Waals surface area (Å²) >= 11 is 3.42. The van der Waals surface area contributed by atoms with Crippen molar-refractivity contribution in [1.29, 1.82) is 0 Å². The molecule has 3 rings (SSSR count). The van der Waals surface area contributed by atoms with Crippen LogP contribution < -0.4 is 4.72 Å². The van der Waals surface area contributed by atoms with Crippen molar-refractivity contribution in [2.45, 2.75) is 11.4 Å². The van der Waals surface area contributed by atoms with Gasteiger partial charge in [-0.25, -0.2) is 13.1 Å². The first kappa shape index (κ1) is 19.0. The first-order valence-corrected chi connectivity index (χ1v) is 10.5. The molecular formula is C19H20BrN3O2S. The molecule has 0 saturated heterocycles. The van der Waals surface area contributed by atoms with Crippen molar-refractivity contribution >= 4 is 36.7 Å². The summed E-state index contributed by atoms with van der Waals surface area (Å²) in [6.45, 7) is 1.72. The third-order valence-electron chi connectivity index (χ3n) is 4.08. The molecule has 5 nitrogen and oxygen atoms in total. The average molecular weight is 434 g/mol. The Kier molecular flexibility index (Phi) is 6.03. The molecule has 0 atom stereocenters. The summed E-state index contributed by atoms with van der Waals surface area (Å²) in [4.78, 5) is 6.41.